The summed E-state index contributed by atoms with van der Waals surface area (Å²) < 4.78 is 5.52. The molecule has 0 aliphatic carbocycles. The summed E-state index contributed by atoms with van der Waals surface area (Å²) in [5, 5.41) is 9.01. The van der Waals surface area contributed by atoms with E-state index in [2.05, 4.69) is 20.5 Å². The number of halogens is 1. The van der Waals surface area contributed by atoms with Gasteiger partial charge in [0.05, 0.1) is 18.7 Å². The van der Waals surface area contributed by atoms with Gasteiger partial charge >= 0.3 is 5.69 Å². The third-order valence-corrected chi connectivity index (χ3v) is 2.85. The number of carbonyl (C=O) groups excluding carboxylic acids is 1. The van der Waals surface area contributed by atoms with Crippen LogP contribution in [-0.2, 0) is 6.54 Å². The van der Waals surface area contributed by atoms with Crippen molar-refractivity contribution < 1.29 is 9.53 Å². The van der Waals surface area contributed by atoms with Crippen molar-refractivity contribution in [2.24, 2.45) is 0 Å². The third kappa shape index (κ3) is 4.09. The molecule has 1 aromatic heterocycles. The molecule has 0 saturated heterocycles. The topological polar surface area (TPSA) is 99.9 Å². The SMILES string of the molecule is CCCOc1ccc(Cl)cc1C(=O)NCc1n[nH]c(=O)[nH]1. The number of H-pyrrole nitrogens is 2. The predicted octanol–water partition coefficient (Wildman–Crippen LogP) is 1.47. The molecule has 0 aliphatic heterocycles. The Morgan fingerprint density at radius 2 is 2.29 bits per heavy atom. The van der Waals surface area contributed by atoms with Gasteiger partial charge in [0.2, 0.25) is 0 Å². The van der Waals surface area contributed by atoms with Crippen LogP contribution in [0.15, 0.2) is 23.0 Å². The molecule has 2 rings (SSSR count). The Kier molecular flexibility index (Phi) is 4.99. The maximum absolute atomic E-state index is 12.2. The predicted molar refractivity (Wildman–Crippen MR) is 77.6 cm³/mol. The van der Waals surface area contributed by atoms with E-state index in [1.807, 2.05) is 6.92 Å². The zero-order chi connectivity index (χ0) is 15.2. The molecule has 2 aromatic rings. The minimum atomic E-state index is -0.422. The van der Waals surface area contributed by atoms with Crippen molar-refractivity contribution in [1.29, 1.82) is 0 Å². The maximum atomic E-state index is 12.2. The lowest BCUT2D eigenvalue weighted by Crippen LogP contribution is -2.24. The molecule has 0 spiro atoms. The molecule has 0 saturated carbocycles. The van der Waals surface area contributed by atoms with E-state index in [0.717, 1.165) is 6.42 Å². The van der Waals surface area contributed by atoms with Crippen LogP contribution in [0.1, 0.15) is 29.5 Å². The van der Waals surface area contributed by atoms with Crippen LogP contribution in [0.25, 0.3) is 0 Å². The van der Waals surface area contributed by atoms with Gasteiger partial charge in [-0.2, -0.15) is 5.10 Å². The first-order valence-corrected chi connectivity index (χ1v) is 6.82. The number of hydrogen-bond acceptors (Lipinski definition) is 4. The summed E-state index contributed by atoms with van der Waals surface area (Å²) in [7, 11) is 0. The number of aromatic nitrogens is 3. The highest BCUT2D eigenvalue weighted by Gasteiger charge is 2.13. The van der Waals surface area contributed by atoms with Crippen molar-refractivity contribution in [1.82, 2.24) is 20.5 Å². The molecule has 0 unspecified atom stereocenters. The molecule has 0 aliphatic rings. The van der Waals surface area contributed by atoms with E-state index in [4.69, 9.17) is 16.3 Å². The van der Waals surface area contributed by atoms with Gasteiger partial charge in [0.25, 0.3) is 5.91 Å². The molecule has 1 aromatic carbocycles. The van der Waals surface area contributed by atoms with E-state index in [-0.39, 0.29) is 12.5 Å². The summed E-state index contributed by atoms with van der Waals surface area (Å²) in [5.41, 5.74) is -0.0807. The number of ether oxygens (including phenoxy) is 1. The van der Waals surface area contributed by atoms with E-state index < -0.39 is 5.69 Å². The van der Waals surface area contributed by atoms with E-state index in [9.17, 15) is 9.59 Å². The summed E-state index contributed by atoms with van der Waals surface area (Å²) in [6.45, 7) is 2.58. The van der Waals surface area contributed by atoms with Gasteiger partial charge in [-0.25, -0.2) is 9.89 Å². The highest BCUT2D eigenvalue weighted by Crippen LogP contribution is 2.23. The Morgan fingerprint density at radius 1 is 1.48 bits per heavy atom. The highest BCUT2D eigenvalue weighted by molar-refractivity contribution is 6.31. The Hall–Kier alpha value is -2.28. The number of carbonyl (C=O) groups is 1. The highest BCUT2D eigenvalue weighted by atomic mass is 35.5. The molecule has 112 valence electrons. The van der Waals surface area contributed by atoms with Gasteiger partial charge < -0.3 is 10.1 Å². The molecular formula is C13H15ClN4O3. The molecule has 21 heavy (non-hydrogen) atoms. The second-order valence-corrected chi connectivity index (χ2v) is 4.73. The average molecular weight is 311 g/mol. The summed E-state index contributed by atoms with van der Waals surface area (Å²) in [4.78, 5) is 25.5. The van der Waals surface area contributed by atoms with Gasteiger partial charge in [-0.1, -0.05) is 18.5 Å². The molecule has 1 amide bonds. The Bertz CT molecular complexity index is 680. The minimum Gasteiger partial charge on any atom is -0.493 e. The van der Waals surface area contributed by atoms with E-state index >= 15 is 0 Å². The third-order valence-electron chi connectivity index (χ3n) is 2.61. The second kappa shape index (κ2) is 6.94. The average Bonchev–Trinajstić information content (AvgIpc) is 2.89. The lowest BCUT2D eigenvalue weighted by molar-refractivity contribution is 0.0946. The lowest BCUT2D eigenvalue weighted by Gasteiger charge is -2.11. The zero-order valence-corrected chi connectivity index (χ0v) is 12.2. The molecule has 0 bridgehead atoms. The smallest absolute Gasteiger partial charge is 0.340 e. The van der Waals surface area contributed by atoms with Crippen molar-refractivity contribution in [3.63, 3.8) is 0 Å². The van der Waals surface area contributed by atoms with Crippen LogP contribution in [-0.4, -0.2) is 27.7 Å². The number of nitrogens with one attached hydrogen (secondary N) is 3. The van der Waals surface area contributed by atoms with Crippen LogP contribution in [0, 0.1) is 0 Å². The first-order chi connectivity index (χ1) is 10.1. The summed E-state index contributed by atoms with van der Waals surface area (Å²) in [5.74, 6) is 0.452. The lowest BCUT2D eigenvalue weighted by atomic mass is 10.2. The van der Waals surface area contributed by atoms with Gasteiger partial charge in [0.1, 0.15) is 11.6 Å². The van der Waals surface area contributed by atoms with Crippen LogP contribution >= 0.6 is 11.6 Å². The quantitative estimate of drug-likeness (QED) is 0.752. The molecule has 1 heterocycles. The van der Waals surface area contributed by atoms with Crippen LogP contribution in [0.3, 0.4) is 0 Å². The Balaban J connectivity index is 2.09. The van der Waals surface area contributed by atoms with Gasteiger partial charge in [-0.05, 0) is 24.6 Å². The number of nitrogens with zero attached hydrogens (tertiary/aromatic N) is 1. The molecule has 3 N–H and O–H groups in total. The van der Waals surface area contributed by atoms with Gasteiger partial charge in [0, 0.05) is 5.02 Å². The number of aromatic amines is 2. The van der Waals surface area contributed by atoms with Crippen LogP contribution in [0.2, 0.25) is 5.02 Å². The standard InChI is InChI=1S/C13H15ClN4O3/c1-2-5-21-10-4-3-8(14)6-9(10)12(19)15-7-11-16-13(20)18-17-11/h3-4,6H,2,5,7H2,1H3,(H,15,19)(H2,16,17,18,20). The van der Waals surface area contributed by atoms with Crippen molar-refractivity contribution in [3.05, 3.63) is 45.1 Å². The molecule has 0 radical (unpaired) electrons. The Morgan fingerprint density at radius 3 is 2.95 bits per heavy atom. The number of hydrogen-bond donors (Lipinski definition) is 3. The maximum Gasteiger partial charge on any atom is 0.340 e. The summed E-state index contributed by atoms with van der Waals surface area (Å²) >= 11 is 5.92. The van der Waals surface area contributed by atoms with Gasteiger partial charge in [-0.15, -0.1) is 0 Å². The number of amides is 1. The second-order valence-electron chi connectivity index (χ2n) is 4.30. The molecule has 0 fully saturated rings. The Labute approximate surface area is 125 Å². The van der Waals surface area contributed by atoms with Crippen molar-refractivity contribution in [3.8, 4) is 5.75 Å². The monoisotopic (exact) mass is 310 g/mol. The fourth-order valence-electron chi connectivity index (χ4n) is 1.67. The van der Waals surface area contributed by atoms with E-state index in [0.29, 0.717) is 28.8 Å². The van der Waals surface area contributed by atoms with Gasteiger partial charge in [-0.3, -0.25) is 9.78 Å². The largest absolute Gasteiger partial charge is 0.493 e. The summed E-state index contributed by atoms with van der Waals surface area (Å²) in [6, 6.07) is 4.85. The van der Waals surface area contributed by atoms with Crippen LogP contribution in [0.5, 0.6) is 5.75 Å². The summed E-state index contributed by atoms with van der Waals surface area (Å²) in [6.07, 6.45) is 0.832. The molecular weight excluding hydrogens is 296 g/mol. The number of benzene rings is 1. The van der Waals surface area contributed by atoms with Crippen LogP contribution in [0.4, 0.5) is 0 Å². The van der Waals surface area contributed by atoms with E-state index in [1.165, 1.54) is 6.07 Å². The molecule has 0 atom stereocenters. The first-order valence-electron chi connectivity index (χ1n) is 6.44. The number of rotatable bonds is 6. The normalized spacial score (nSPS) is 10.4. The van der Waals surface area contributed by atoms with Gasteiger partial charge in [0.15, 0.2) is 0 Å². The fraction of sp³-hybridized carbons (Fsp3) is 0.308. The van der Waals surface area contributed by atoms with Crippen molar-refractivity contribution in [2.45, 2.75) is 19.9 Å². The van der Waals surface area contributed by atoms with Crippen LogP contribution < -0.4 is 15.7 Å². The minimum absolute atomic E-state index is 0.0945. The molecule has 7 nitrogen and oxygen atoms in total. The molecule has 8 heteroatoms. The van der Waals surface area contributed by atoms with Crippen molar-refractivity contribution in [2.75, 3.05) is 6.61 Å². The zero-order valence-electron chi connectivity index (χ0n) is 11.4. The fourth-order valence-corrected chi connectivity index (χ4v) is 1.84. The van der Waals surface area contributed by atoms with Crippen molar-refractivity contribution >= 4 is 17.5 Å². The van der Waals surface area contributed by atoms with E-state index in [1.54, 1.807) is 12.1 Å². The first kappa shape index (κ1) is 15.1.